The van der Waals surface area contributed by atoms with Crippen LogP contribution in [0.3, 0.4) is 0 Å². The summed E-state index contributed by atoms with van der Waals surface area (Å²) >= 11 is 0. The van der Waals surface area contributed by atoms with Crippen LogP contribution in [-0.4, -0.2) is 38.8 Å². The van der Waals surface area contributed by atoms with Crippen LogP contribution in [0.15, 0.2) is 48.5 Å². The van der Waals surface area contributed by atoms with Gasteiger partial charge in [0.2, 0.25) is 0 Å². The number of nitrogens with zero attached hydrogens (tertiary/aromatic N) is 5. The number of alkyl halides is 3. The van der Waals surface area contributed by atoms with Crippen molar-refractivity contribution >= 4 is 0 Å². The molecule has 0 radical (unpaired) electrons. The summed E-state index contributed by atoms with van der Waals surface area (Å²) in [5.41, 5.74) is 0.848. The zero-order valence-electron chi connectivity index (χ0n) is 16.4. The van der Waals surface area contributed by atoms with Gasteiger partial charge in [0.25, 0.3) is 0 Å². The van der Waals surface area contributed by atoms with E-state index in [1.807, 2.05) is 31.2 Å². The first-order valence-corrected chi connectivity index (χ1v) is 9.16. The predicted octanol–water partition coefficient (Wildman–Crippen LogP) is 4.27. The molecule has 0 amide bonds. The normalized spacial score (nSPS) is 12.9. The summed E-state index contributed by atoms with van der Waals surface area (Å²) in [6.07, 6.45) is -4.38. The second-order valence-electron chi connectivity index (χ2n) is 6.57. The van der Waals surface area contributed by atoms with Gasteiger partial charge >= 0.3 is 6.18 Å². The maximum absolute atomic E-state index is 12.8. The second-order valence-corrected chi connectivity index (χ2v) is 6.57. The van der Waals surface area contributed by atoms with Gasteiger partial charge in [0.05, 0.1) is 24.9 Å². The predicted molar refractivity (Wildman–Crippen MR) is 102 cm³/mol. The van der Waals surface area contributed by atoms with E-state index in [-0.39, 0.29) is 6.04 Å². The first-order chi connectivity index (χ1) is 13.8. The molecule has 154 valence electrons. The van der Waals surface area contributed by atoms with Crippen LogP contribution in [-0.2, 0) is 12.7 Å². The minimum atomic E-state index is -4.38. The fourth-order valence-electron chi connectivity index (χ4n) is 3.11. The molecule has 0 aliphatic rings. The van der Waals surface area contributed by atoms with Crippen LogP contribution >= 0.6 is 0 Å². The lowest BCUT2D eigenvalue weighted by Gasteiger charge is -2.27. The van der Waals surface area contributed by atoms with Crippen molar-refractivity contribution in [3.8, 4) is 11.4 Å². The Morgan fingerprint density at radius 2 is 1.86 bits per heavy atom. The minimum absolute atomic E-state index is 0.0628. The van der Waals surface area contributed by atoms with E-state index in [9.17, 15) is 13.2 Å². The van der Waals surface area contributed by atoms with Gasteiger partial charge in [-0.25, -0.2) is 0 Å². The Bertz CT molecular complexity index is 940. The van der Waals surface area contributed by atoms with Crippen molar-refractivity contribution in [1.82, 2.24) is 25.1 Å². The van der Waals surface area contributed by atoms with Crippen LogP contribution in [0.2, 0.25) is 0 Å². The van der Waals surface area contributed by atoms with Crippen molar-refractivity contribution in [2.45, 2.75) is 32.6 Å². The van der Waals surface area contributed by atoms with E-state index < -0.39 is 11.7 Å². The fourth-order valence-corrected chi connectivity index (χ4v) is 3.11. The van der Waals surface area contributed by atoms with E-state index in [1.54, 1.807) is 7.11 Å². The molecule has 0 saturated carbocycles. The third kappa shape index (κ3) is 4.73. The topological polar surface area (TPSA) is 56.1 Å². The number of benzene rings is 2. The van der Waals surface area contributed by atoms with Crippen LogP contribution in [0, 0.1) is 0 Å². The number of aromatic nitrogens is 4. The largest absolute Gasteiger partial charge is 0.497 e. The number of ether oxygens (including phenoxy) is 1. The van der Waals surface area contributed by atoms with Crippen molar-refractivity contribution in [2.24, 2.45) is 0 Å². The van der Waals surface area contributed by atoms with E-state index >= 15 is 0 Å². The number of hydrogen-bond acceptors (Lipinski definition) is 5. The van der Waals surface area contributed by atoms with Gasteiger partial charge in [-0.1, -0.05) is 19.1 Å². The molecule has 29 heavy (non-hydrogen) atoms. The van der Waals surface area contributed by atoms with Crippen LogP contribution in [0.4, 0.5) is 13.2 Å². The van der Waals surface area contributed by atoms with Gasteiger partial charge in [-0.05, 0) is 65.9 Å². The highest BCUT2D eigenvalue weighted by atomic mass is 19.4. The summed E-state index contributed by atoms with van der Waals surface area (Å²) in [7, 11) is 1.62. The fraction of sp³-hybridized carbons (Fsp3) is 0.350. The maximum Gasteiger partial charge on any atom is 0.416 e. The summed E-state index contributed by atoms with van der Waals surface area (Å²) in [5, 5.41) is 11.7. The number of rotatable bonds is 7. The Hall–Kier alpha value is -2.94. The minimum Gasteiger partial charge on any atom is -0.497 e. The molecule has 1 atom stereocenters. The summed E-state index contributed by atoms with van der Waals surface area (Å²) in [5.74, 6) is 1.32. The third-order valence-corrected chi connectivity index (χ3v) is 4.85. The molecular formula is C20H22F3N5O. The molecule has 1 heterocycles. The van der Waals surface area contributed by atoms with Crippen LogP contribution in [0.25, 0.3) is 5.69 Å². The average molecular weight is 405 g/mol. The van der Waals surface area contributed by atoms with E-state index in [0.717, 1.165) is 30.0 Å². The molecule has 0 fully saturated rings. The lowest BCUT2D eigenvalue weighted by molar-refractivity contribution is -0.137. The second kappa shape index (κ2) is 8.60. The first-order valence-electron chi connectivity index (χ1n) is 9.16. The molecule has 0 aliphatic heterocycles. The quantitative estimate of drug-likeness (QED) is 0.588. The number of hydrogen-bond donors (Lipinski definition) is 0. The zero-order valence-corrected chi connectivity index (χ0v) is 16.4. The van der Waals surface area contributed by atoms with Gasteiger partial charge in [-0.15, -0.1) is 5.10 Å². The first kappa shape index (κ1) is 20.8. The lowest BCUT2D eigenvalue weighted by atomic mass is 10.1. The molecule has 9 heteroatoms. The Morgan fingerprint density at radius 1 is 1.14 bits per heavy atom. The van der Waals surface area contributed by atoms with Gasteiger partial charge in [0.1, 0.15) is 5.75 Å². The maximum atomic E-state index is 12.8. The average Bonchev–Trinajstić information content (AvgIpc) is 3.19. The monoisotopic (exact) mass is 405 g/mol. The molecule has 0 spiro atoms. The molecule has 1 aromatic heterocycles. The molecule has 3 aromatic rings. The van der Waals surface area contributed by atoms with E-state index in [0.29, 0.717) is 18.1 Å². The Labute approximate surface area is 166 Å². The standard InChI is InChI=1S/C20H22F3N5O/c1-4-27(14(2)15-6-5-7-18(12-15)29-3)13-19-24-25-26-28(19)17-10-8-16(9-11-17)20(21,22)23/h5-12,14H,4,13H2,1-3H3. The SMILES string of the molecule is CCN(Cc1nnnn1-c1ccc(C(F)(F)F)cc1)C(C)c1cccc(OC)c1. The molecule has 0 N–H and O–H groups in total. The van der Waals surface area contributed by atoms with E-state index in [2.05, 4.69) is 27.3 Å². The molecule has 2 aromatic carbocycles. The van der Waals surface area contributed by atoms with E-state index in [1.165, 1.54) is 16.8 Å². The highest BCUT2D eigenvalue weighted by Gasteiger charge is 2.30. The summed E-state index contributed by atoms with van der Waals surface area (Å²) in [4.78, 5) is 2.17. The number of tetrazole rings is 1. The summed E-state index contributed by atoms with van der Waals surface area (Å²) in [6, 6.07) is 12.7. The van der Waals surface area contributed by atoms with Crippen molar-refractivity contribution in [2.75, 3.05) is 13.7 Å². The lowest BCUT2D eigenvalue weighted by Crippen LogP contribution is -2.28. The van der Waals surface area contributed by atoms with Gasteiger partial charge in [0.15, 0.2) is 5.82 Å². The molecule has 0 saturated heterocycles. The van der Waals surface area contributed by atoms with Crippen LogP contribution in [0.5, 0.6) is 5.75 Å². The van der Waals surface area contributed by atoms with Crippen molar-refractivity contribution in [3.05, 3.63) is 65.5 Å². The van der Waals surface area contributed by atoms with E-state index in [4.69, 9.17) is 4.74 Å². The zero-order chi connectivity index (χ0) is 21.0. The van der Waals surface area contributed by atoms with Crippen LogP contribution < -0.4 is 4.74 Å². The molecular weight excluding hydrogens is 383 g/mol. The Kier molecular flexibility index (Phi) is 6.17. The van der Waals surface area contributed by atoms with Crippen molar-refractivity contribution in [1.29, 1.82) is 0 Å². The molecule has 0 bridgehead atoms. The smallest absolute Gasteiger partial charge is 0.416 e. The molecule has 1 unspecified atom stereocenters. The van der Waals surface area contributed by atoms with Gasteiger partial charge in [-0.2, -0.15) is 17.9 Å². The van der Waals surface area contributed by atoms with Crippen LogP contribution in [0.1, 0.15) is 36.8 Å². The number of halogens is 3. The number of methoxy groups -OCH3 is 1. The summed E-state index contributed by atoms with van der Waals surface area (Å²) in [6.45, 7) is 5.27. The Balaban J connectivity index is 1.82. The highest BCUT2D eigenvalue weighted by molar-refractivity contribution is 5.35. The molecule has 0 aliphatic carbocycles. The van der Waals surface area contributed by atoms with Gasteiger partial charge in [0, 0.05) is 6.04 Å². The van der Waals surface area contributed by atoms with Crippen molar-refractivity contribution in [3.63, 3.8) is 0 Å². The highest BCUT2D eigenvalue weighted by Crippen LogP contribution is 2.30. The summed E-state index contributed by atoms with van der Waals surface area (Å²) < 4.78 is 45.2. The van der Waals surface area contributed by atoms with Gasteiger partial charge < -0.3 is 4.74 Å². The Morgan fingerprint density at radius 3 is 2.48 bits per heavy atom. The third-order valence-electron chi connectivity index (χ3n) is 4.85. The van der Waals surface area contributed by atoms with Gasteiger partial charge in [-0.3, -0.25) is 4.90 Å². The molecule has 3 rings (SSSR count). The van der Waals surface area contributed by atoms with Crippen molar-refractivity contribution < 1.29 is 17.9 Å². The molecule has 6 nitrogen and oxygen atoms in total.